The Kier molecular flexibility index (Phi) is 5.57. The number of benzene rings is 2. The molecule has 2 N–H and O–H groups in total. The molecule has 6 nitrogen and oxygen atoms in total. The fraction of sp³-hybridized carbons (Fsp3) is 0.176. The molecule has 2 aromatic carbocycles. The van der Waals surface area contributed by atoms with Crippen LogP contribution in [0.2, 0.25) is 0 Å². The van der Waals surface area contributed by atoms with Gasteiger partial charge in [-0.3, -0.25) is 9.59 Å². The molecule has 0 aliphatic carbocycles. The minimum absolute atomic E-state index is 0.122. The number of carboxylic acid groups (broad SMARTS) is 1. The third kappa shape index (κ3) is 4.74. The second kappa shape index (κ2) is 7.84. The van der Waals surface area contributed by atoms with E-state index >= 15 is 0 Å². The van der Waals surface area contributed by atoms with E-state index in [-0.39, 0.29) is 18.7 Å². The van der Waals surface area contributed by atoms with Crippen molar-refractivity contribution in [1.29, 1.82) is 0 Å². The Morgan fingerprint density at radius 3 is 2.26 bits per heavy atom. The van der Waals surface area contributed by atoms with Crippen LogP contribution in [0.25, 0.3) is 0 Å². The van der Waals surface area contributed by atoms with Crippen molar-refractivity contribution in [3.63, 3.8) is 0 Å². The van der Waals surface area contributed by atoms with Gasteiger partial charge in [0.1, 0.15) is 6.04 Å². The molecule has 1 unspecified atom stereocenters. The Morgan fingerprint density at radius 1 is 1.04 bits per heavy atom. The molecule has 0 aliphatic heterocycles. The van der Waals surface area contributed by atoms with E-state index in [0.29, 0.717) is 16.8 Å². The van der Waals surface area contributed by atoms with Gasteiger partial charge in [-0.05, 0) is 36.2 Å². The van der Waals surface area contributed by atoms with Crippen LogP contribution in [0.5, 0.6) is 0 Å². The standard InChI is InChI=1S/C17H16N2O4/c20-16(21)11-10-15(19-23)12-6-8-14(9-7-12)18-17(22)13-4-2-1-3-5-13/h1-9,15H,10-11H2,(H,18,22)(H,20,21). The number of hydrogen-bond donors (Lipinski definition) is 2. The SMILES string of the molecule is O=NC(CCC(=O)O)c1ccc(NC(=O)c2ccccc2)cc1. The zero-order valence-electron chi connectivity index (χ0n) is 12.3. The van der Waals surface area contributed by atoms with Crippen molar-refractivity contribution < 1.29 is 14.7 Å². The second-order valence-electron chi connectivity index (χ2n) is 5.00. The maximum Gasteiger partial charge on any atom is 0.303 e. The second-order valence-corrected chi connectivity index (χ2v) is 5.00. The Labute approximate surface area is 133 Å². The molecular formula is C17H16N2O4. The smallest absolute Gasteiger partial charge is 0.303 e. The summed E-state index contributed by atoms with van der Waals surface area (Å²) in [7, 11) is 0. The highest BCUT2D eigenvalue weighted by atomic mass is 16.4. The summed E-state index contributed by atoms with van der Waals surface area (Å²) in [6.07, 6.45) is 0.0253. The monoisotopic (exact) mass is 312 g/mol. The van der Waals surface area contributed by atoms with Crippen LogP contribution in [0.3, 0.4) is 0 Å². The summed E-state index contributed by atoms with van der Waals surface area (Å²) < 4.78 is 0. The van der Waals surface area contributed by atoms with Crippen LogP contribution in [-0.2, 0) is 4.79 Å². The Balaban J connectivity index is 2.02. The lowest BCUT2D eigenvalue weighted by Crippen LogP contribution is -2.11. The van der Waals surface area contributed by atoms with Crippen molar-refractivity contribution >= 4 is 17.6 Å². The lowest BCUT2D eigenvalue weighted by atomic mass is 10.0. The van der Waals surface area contributed by atoms with Crippen LogP contribution >= 0.6 is 0 Å². The van der Waals surface area contributed by atoms with Gasteiger partial charge in [0, 0.05) is 17.7 Å². The fourth-order valence-electron chi connectivity index (χ4n) is 2.12. The van der Waals surface area contributed by atoms with Crippen molar-refractivity contribution in [2.75, 3.05) is 5.32 Å². The normalized spacial score (nSPS) is 11.5. The summed E-state index contributed by atoms with van der Waals surface area (Å²) in [6.45, 7) is 0. The molecule has 0 bridgehead atoms. The number of nitroso groups, excluding NO2 is 1. The van der Waals surface area contributed by atoms with Crippen LogP contribution in [-0.4, -0.2) is 17.0 Å². The first-order valence-corrected chi connectivity index (χ1v) is 7.11. The average Bonchev–Trinajstić information content (AvgIpc) is 2.57. The molecule has 1 atom stereocenters. The highest BCUT2D eigenvalue weighted by Crippen LogP contribution is 2.24. The van der Waals surface area contributed by atoms with Crippen LogP contribution in [0.15, 0.2) is 59.8 Å². The molecule has 1 amide bonds. The zero-order chi connectivity index (χ0) is 16.7. The highest BCUT2D eigenvalue weighted by molar-refractivity contribution is 6.04. The summed E-state index contributed by atoms with van der Waals surface area (Å²) in [6, 6.07) is 14.7. The van der Waals surface area contributed by atoms with Gasteiger partial charge in [-0.15, -0.1) is 0 Å². The van der Waals surface area contributed by atoms with E-state index < -0.39 is 12.0 Å². The quantitative estimate of drug-likeness (QED) is 0.763. The van der Waals surface area contributed by atoms with E-state index in [4.69, 9.17) is 5.11 Å². The number of hydrogen-bond acceptors (Lipinski definition) is 4. The summed E-state index contributed by atoms with van der Waals surface area (Å²) in [5, 5.41) is 14.4. The van der Waals surface area contributed by atoms with E-state index in [1.807, 2.05) is 6.07 Å². The number of carbonyl (C=O) groups excluding carboxylic acids is 1. The number of anilines is 1. The maximum atomic E-state index is 12.0. The number of aliphatic carboxylic acids is 1. The van der Waals surface area contributed by atoms with E-state index in [1.54, 1.807) is 48.5 Å². The molecule has 6 heteroatoms. The number of amides is 1. The fourth-order valence-corrected chi connectivity index (χ4v) is 2.12. The van der Waals surface area contributed by atoms with Crippen molar-refractivity contribution in [3.05, 3.63) is 70.6 Å². The van der Waals surface area contributed by atoms with E-state index in [9.17, 15) is 14.5 Å². The summed E-state index contributed by atoms with van der Waals surface area (Å²) in [4.78, 5) is 33.4. The van der Waals surface area contributed by atoms with Gasteiger partial charge in [0.05, 0.1) is 0 Å². The third-order valence-corrected chi connectivity index (χ3v) is 3.35. The number of nitrogens with one attached hydrogen (secondary N) is 1. The van der Waals surface area contributed by atoms with Gasteiger partial charge < -0.3 is 10.4 Å². The molecule has 0 spiro atoms. The van der Waals surface area contributed by atoms with Gasteiger partial charge in [-0.2, -0.15) is 4.91 Å². The maximum absolute atomic E-state index is 12.0. The third-order valence-electron chi connectivity index (χ3n) is 3.35. The van der Waals surface area contributed by atoms with Crippen molar-refractivity contribution in [2.45, 2.75) is 18.9 Å². The Bertz CT molecular complexity index is 683. The van der Waals surface area contributed by atoms with E-state index in [1.165, 1.54) is 0 Å². The highest BCUT2D eigenvalue weighted by Gasteiger charge is 2.14. The molecule has 0 radical (unpaired) electrons. The zero-order valence-corrected chi connectivity index (χ0v) is 12.3. The van der Waals surface area contributed by atoms with Gasteiger partial charge in [-0.25, -0.2) is 0 Å². The van der Waals surface area contributed by atoms with Gasteiger partial charge in [0.2, 0.25) is 0 Å². The molecule has 2 aromatic rings. The topological polar surface area (TPSA) is 95.8 Å². The molecule has 2 rings (SSSR count). The number of rotatable bonds is 7. The number of nitrogens with zero attached hydrogens (tertiary/aromatic N) is 1. The van der Waals surface area contributed by atoms with E-state index in [2.05, 4.69) is 10.5 Å². The molecule has 0 aromatic heterocycles. The van der Waals surface area contributed by atoms with Crippen LogP contribution in [0.1, 0.15) is 34.8 Å². The van der Waals surface area contributed by atoms with Crippen LogP contribution in [0, 0.1) is 4.91 Å². The summed E-state index contributed by atoms with van der Waals surface area (Å²) in [5.74, 6) is -1.19. The number of carboxylic acids is 1. The molecule has 118 valence electrons. The predicted molar refractivity (Wildman–Crippen MR) is 86.2 cm³/mol. The molecule has 0 heterocycles. The first-order chi connectivity index (χ1) is 11.1. The molecule has 23 heavy (non-hydrogen) atoms. The van der Waals surface area contributed by atoms with Crippen molar-refractivity contribution in [2.24, 2.45) is 5.18 Å². The van der Waals surface area contributed by atoms with Gasteiger partial charge in [0.15, 0.2) is 0 Å². The number of carbonyl (C=O) groups is 2. The molecule has 0 aliphatic rings. The average molecular weight is 312 g/mol. The van der Waals surface area contributed by atoms with Gasteiger partial charge in [-0.1, -0.05) is 35.5 Å². The van der Waals surface area contributed by atoms with Crippen molar-refractivity contribution in [3.8, 4) is 0 Å². The lowest BCUT2D eigenvalue weighted by molar-refractivity contribution is -0.137. The minimum atomic E-state index is -0.967. The van der Waals surface area contributed by atoms with Crippen LogP contribution in [0.4, 0.5) is 5.69 Å². The summed E-state index contributed by atoms with van der Waals surface area (Å²) >= 11 is 0. The molecule has 0 fully saturated rings. The van der Waals surface area contributed by atoms with Gasteiger partial charge >= 0.3 is 5.97 Å². The van der Waals surface area contributed by atoms with Gasteiger partial charge in [0.25, 0.3) is 5.91 Å². The lowest BCUT2D eigenvalue weighted by Gasteiger charge is -2.10. The Morgan fingerprint density at radius 2 is 1.70 bits per heavy atom. The minimum Gasteiger partial charge on any atom is -0.481 e. The van der Waals surface area contributed by atoms with Crippen LogP contribution < -0.4 is 5.32 Å². The van der Waals surface area contributed by atoms with Crippen molar-refractivity contribution in [1.82, 2.24) is 0 Å². The van der Waals surface area contributed by atoms with E-state index in [0.717, 1.165) is 0 Å². The molecule has 0 saturated heterocycles. The first-order valence-electron chi connectivity index (χ1n) is 7.11. The largest absolute Gasteiger partial charge is 0.481 e. The molecule has 0 saturated carbocycles. The molecular weight excluding hydrogens is 296 g/mol. The summed E-state index contributed by atoms with van der Waals surface area (Å²) in [5.41, 5.74) is 1.76. The first kappa shape index (κ1) is 16.4. The Hall–Kier alpha value is -3.02. The predicted octanol–water partition coefficient (Wildman–Crippen LogP) is 3.61.